The van der Waals surface area contributed by atoms with E-state index in [-0.39, 0.29) is 16.5 Å². The van der Waals surface area contributed by atoms with Crippen LogP contribution in [0.2, 0.25) is 0 Å². The highest BCUT2D eigenvalue weighted by Crippen LogP contribution is 2.57. The van der Waals surface area contributed by atoms with Gasteiger partial charge in [0.25, 0.3) is 0 Å². The van der Waals surface area contributed by atoms with E-state index < -0.39 is 0 Å². The molecule has 0 radical (unpaired) electrons. The first-order valence-corrected chi connectivity index (χ1v) is 7.66. The standard InChI is InChI=1S/C14H20O3S/c1-3-13(16)17-12-8-10(7-11(15)9-12)14(5-6-14)18-4-2/h9-10H,3-8H2,1-2H3. The smallest absolute Gasteiger partial charge is 0.310 e. The molecular weight excluding hydrogens is 248 g/mol. The molecule has 0 aromatic carbocycles. The topological polar surface area (TPSA) is 43.4 Å². The average molecular weight is 268 g/mol. The van der Waals surface area contributed by atoms with Gasteiger partial charge in [0, 0.05) is 30.1 Å². The molecule has 100 valence electrons. The van der Waals surface area contributed by atoms with Crippen molar-refractivity contribution in [2.24, 2.45) is 5.92 Å². The molecule has 2 rings (SSSR count). The Balaban J connectivity index is 2.03. The molecule has 1 fully saturated rings. The number of thioether (sulfide) groups is 1. The lowest BCUT2D eigenvalue weighted by atomic mass is 9.87. The molecule has 1 saturated carbocycles. The minimum atomic E-state index is -0.248. The second-order valence-electron chi connectivity index (χ2n) is 5.01. The number of carbonyl (C=O) groups is 2. The maximum Gasteiger partial charge on any atom is 0.310 e. The fourth-order valence-electron chi connectivity index (χ4n) is 2.60. The Morgan fingerprint density at radius 2 is 2.17 bits per heavy atom. The van der Waals surface area contributed by atoms with Crippen LogP contribution in [0.4, 0.5) is 0 Å². The van der Waals surface area contributed by atoms with Gasteiger partial charge in [-0.1, -0.05) is 13.8 Å². The van der Waals surface area contributed by atoms with E-state index in [9.17, 15) is 9.59 Å². The molecule has 2 aliphatic rings. The highest BCUT2D eigenvalue weighted by molar-refractivity contribution is 8.00. The Hall–Kier alpha value is -0.770. The third kappa shape index (κ3) is 2.97. The molecule has 0 spiro atoms. The van der Waals surface area contributed by atoms with Crippen LogP contribution in [-0.4, -0.2) is 22.3 Å². The van der Waals surface area contributed by atoms with Gasteiger partial charge in [0.1, 0.15) is 5.76 Å². The summed E-state index contributed by atoms with van der Waals surface area (Å²) in [6, 6.07) is 0. The van der Waals surface area contributed by atoms with Crippen LogP contribution in [0.25, 0.3) is 0 Å². The SMILES string of the molecule is CCSC1(C2CC(=O)C=C(OC(=O)CC)C2)CC1. The van der Waals surface area contributed by atoms with Gasteiger partial charge >= 0.3 is 5.97 Å². The highest BCUT2D eigenvalue weighted by Gasteiger charge is 2.50. The molecule has 0 bridgehead atoms. The molecule has 18 heavy (non-hydrogen) atoms. The van der Waals surface area contributed by atoms with E-state index in [1.54, 1.807) is 6.92 Å². The molecule has 0 heterocycles. The largest absolute Gasteiger partial charge is 0.431 e. The molecule has 3 nitrogen and oxygen atoms in total. The number of esters is 1. The van der Waals surface area contributed by atoms with Crippen molar-refractivity contribution < 1.29 is 14.3 Å². The van der Waals surface area contributed by atoms with Gasteiger partial charge in [0.2, 0.25) is 0 Å². The lowest BCUT2D eigenvalue weighted by Gasteiger charge is -2.28. The van der Waals surface area contributed by atoms with E-state index >= 15 is 0 Å². The van der Waals surface area contributed by atoms with Crippen LogP contribution in [0.3, 0.4) is 0 Å². The number of allylic oxidation sites excluding steroid dienone is 2. The number of carbonyl (C=O) groups excluding carboxylic acids is 2. The van der Waals surface area contributed by atoms with Crippen molar-refractivity contribution in [1.82, 2.24) is 0 Å². The van der Waals surface area contributed by atoms with Gasteiger partial charge in [-0.05, 0) is 24.5 Å². The van der Waals surface area contributed by atoms with Crippen molar-refractivity contribution in [3.63, 3.8) is 0 Å². The third-order valence-corrected chi connectivity index (χ3v) is 5.27. The van der Waals surface area contributed by atoms with Gasteiger partial charge in [0.15, 0.2) is 5.78 Å². The molecule has 0 saturated heterocycles. The van der Waals surface area contributed by atoms with E-state index in [0.717, 1.165) is 12.2 Å². The van der Waals surface area contributed by atoms with Crippen LogP contribution in [0.15, 0.2) is 11.8 Å². The number of hydrogen-bond acceptors (Lipinski definition) is 4. The molecule has 0 aromatic heterocycles. The predicted molar refractivity (Wildman–Crippen MR) is 72.3 cm³/mol. The summed E-state index contributed by atoms with van der Waals surface area (Å²) in [7, 11) is 0. The Bertz CT molecular complexity index is 383. The van der Waals surface area contributed by atoms with Crippen LogP contribution >= 0.6 is 11.8 Å². The van der Waals surface area contributed by atoms with Gasteiger partial charge in [-0.25, -0.2) is 0 Å². The van der Waals surface area contributed by atoms with Crippen LogP contribution in [0.1, 0.15) is 46.0 Å². The van der Waals surface area contributed by atoms with Crippen molar-refractivity contribution in [1.29, 1.82) is 0 Å². The second kappa shape index (κ2) is 5.47. The zero-order valence-corrected chi connectivity index (χ0v) is 11.8. The first-order valence-electron chi connectivity index (χ1n) is 6.67. The summed E-state index contributed by atoms with van der Waals surface area (Å²) < 4.78 is 5.51. The Kier molecular flexibility index (Phi) is 4.15. The number of hydrogen-bond donors (Lipinski definition) is 0. The van der Waals surface area contributed by atoms with Gasteiger partial charge in [-0.2, -0.15) is 11.8 Å². The van der Waals surface area contributed by atoms with Crippen LogP contribution in [-0.2, 0) is 14.3 Å². The fraction of sp³-hybridized carbons (Fsp3) is 0.714. The highest BCUT2D eigenvalue weighted by atomic mass is 32.2. The van der Waals surface area contributed by atoms with Crippen molar-refractivity contribution in [2.75, 3.05) is 5.75 Å². The quantitative estimate of drug-likeness (QED) is 0.719. The second-order valence-corrected chi connectivity index (χ2v) is 6.69. The predicted octanol–water partition coefficient (Wildman–Crippen LogP) is 3.09. The van der Waals surface area contributed by atoms with Crippen molar-refractivity contribution in [3.8, 4) is 0 Å². The summed E-state index contributed by atoms with van der Waals surface area (Å²) in [5.41, 5.74) is 0. The Labute approximate surface area is 112 Å². The first kappa shape index (κ1) is 13.7. The molecule has 0 aromatic rings. The van der Waals surface area contributed by atoms with Crippen molar-refractivity contribution >= 4 is 23.5 Å². The summed E-state index contributed by atoms with van der Waals surface area (Å²) in [5, 5.41) is 0. The van der Waals surface area contributed by atoms with Crippen LogP contribution in [0, 0.1) is 5.92 Å². The van der Waals surface area contributed by atoms with Gasteiger partial charge in [0.05, 0.1) is 0 Å². The van der Waals surface area contributed by atoms with E-state index in [4.69, 9.17) is 4.74 Å². The number of ketones is 1. The maximum absolute atomic E-state index is 11.8. The molecule has 1 atom stereocenters. The first-order chi connectivity index (χ1) is 8.59. The lowest BCUT2D eigenvalue weighted by Crippen LogP contribution is -2.27. The van der Waals surface area contributed by atoms with Gasteiger partial charge in [-0.15, -0.1) is 0 Å². The molecule has 1 unspecified atom stereocenters. The summed E-state index contributed by atoms with van der Waals surface area (Å²) in [6.45, 7) is 3.92. The summed E-state index contributed by atoms with van der Waals surface area (Å²) >= 11 is 1.96. The summed E-state index contributed by atoms with van der Waals surface area (Å²) in [4.78, 5) is 23.1. The minimum Gasteiger partial charge on any atom is -0.431 e. The molecule has 0 N–H and O–H groups in total. The zero-order chi connectivity index (χ0) is 13.2. The number of rotatable bonds is 5. The normalized spacial score (nSPS) is 25.6. The van der Waals surface area contributed by atoms with E-state index in [2.05, 4.69) is 6.92 Å². The average Bonchev–Trinajstić information content (AvgIpc) is 3.09. The molecule has 0 aliphatic heterocycles. The van der Waals surface area contributed by atoms with E-state index in [0.29, 0.717) is 24.5 Å². The van der Waals surface area contributed by atoms with Crippen LogP contribution < -0.4 is 0 Å². The lowest BCUT2D eigenvalue weighted by molar-refractivity contribution is -0.139. The zero-order valence-electron chi connectivity index (χ0n) is 11.0. The molecule has 0 amide bonds. The van der Waals surface area contributed by atoms with Crippen LogP contribution in [0.5, 0.6) is 0 Å². The number of ether oxygens (including phenoxy) is 1. The molecule has 2 aliphatic carbocycles. The maximum atomic E-state index is 11.8. The Morgan fingerprint density at radius 1 is 1.44 bits per heavy atom. The molecular formula is C14H20O3S. The van der Waals surface area contributed by atoms with Gasteiger partial charge < -0.3 is 4.74 Å². The van der Waals surface area contributed by atoms with E-state index in [1.165, 1.54) is 18.9 Å². The third-order valence-electron chi connectivity index (χ3n) is 3.67. The Morgan fingerprint density at radius 3 is 2.72 bits per heavy atom. The van der Waals surface area contributed by atoms with E-state index in [1.807, 2.05) is 11.8 Å². The summed E-state index contributed by atoms with van der Waals surface area (Å²) in [6.07, 6.45) is 5.60. The monoisotopic (exact) mass is 268 g/mol. The van der Waals surface area contributed by atoms with Gasteiger partial charge in [-0.3, -0.25) is 9.59 Å². The minimum absolute atomic E-state index is 0.105. The van der Waals surface area contributed by atoms with Crippen molar-refractivity contribution in [2.45, 2.75) is 50.7 Å². The molecule has 4 heteroatoms. The summed E-state index contributed by atoms with van der Waals surface area (Å²) in [5.74, 6) is 1.86. The van der Waals surface area contributed by atoms with Crippen molar-refractivity contribution in [3.05, 3.63) is 11.8 Å². The fourth-order valence-corrected chi connectivity index (χ4v) is 3.97.